The van der Waals surface area contributed by atoms with Gasteiger partial charge in [0.05, 0.1) is 23.8 Å². The molecule has 1 aromatic carbocycles. The fourth-order valence-corrected chi connectivity index (χ4v) is 1.87. The van der Waals surface area contributed by atoms with Crippen molar-refractivity contribution >= 4 is 11.0 Å². The minimum absolute atomic E-state index is 0.603. The predicted molar refractivity (Wildman–Crippen MR) is 70.4 cm³/mol. The molecule has 0 spiro atoms. The monoisotopic (exact) mass is 255 g/mol. The lowest BCUT2D eigenvalue weighted by Gasteiger charge is -2.05. The zero-order valence-electron chi connectivity index (χ0n) is 10.5. The third kappa shape index (κ3) is 2.30. The van der Waals surface area contributed by atoms with E-state index in [1.165, 1.54) is 0 Å². The largest absolute Gasteiger partial charge is 0.383 e. The highest BCUT2D eigenvalue weighted by molar-refractivity contribution is 5.75. The Morgan fingerprint density at radius 1 is 1.21 bits per heavy atom. The lowest BCUT2D eigenvalue weighted by atomic mass is 10.3. The molecule has 0 fully saturated rings. The molecular formula is C13H13N5O. The molecule has 0 aliphatic heterocycles. The average molecular weight is 255 g/mol. The van der Waals surface area contributed by atoms with Crippen molar-refractivity contribution in [2.45, 2.75) is 6.54 Å². The SMILES string of the molecule is COCCn1cnnc1-c1cnc2ccccc2n1. The zero-order valence-corrected chi connectivity index (χ0v) is 10.5. The van der Waals surface area contributed by atoms with Gasteiger partial charge in [-0.15, -0.1) is 10.2 Å². The topological polar surface area (TPSA) is 65.7 Å². The van der Waals surface area contributed by atoms with E-state index >= 15 is 0 Å². The van der Waals surface area contributed by atoms with E-state index in [2.05, 4.69) is 20.2 Å². The van der Waals surface area contributed by atoms with Gasteiger partial charge in [0.2, 0.25) is 0 Å². The maximum absolute atomic E-state index is 5.06. The van der Waals surface area contributed by atoms with Gasteiger partial charge < -0.3 is 9.30 Å². The summed E-state index contributed by atoms with van der Waals surface area (Å²) in [6.07, 6.45) is 3.39. The normalized spacial score (nSPS) is 11.0. The zero-order chi connectivity index (χ0) is 13.1. The number of methoxy groups -OCH3 is 1. The fraction of sp³-hybridized carbons (Fsp3) is 0.231. The van der Waals surface area contributed by atoms with Gasteiger partial charge in [0, 0.05) is 13.7 Å². The predicted octanol–water partition coefficient (Wildman–Crippen LogP) is 1.53. The number of para-hydroxylation sites is 2. The van der Waals surface area contributed by atoms with Crippen LogP contribution in [-0.2, 0) is 11.3 Å². The second kappa shape index (κ2) is 5.11. The summed E-state index contributed by atoms with van der Waals surface area (Å²) in [5.74, 6) is 0.704. The van der Waals surface area contributed by atoms with E-state index in [9.17, 15) is 0 Å². The minimum Gasteiger partial charge on any atom is -0.383 e. The maximum atomic E-state index is 5.06. The molecule has 96 valence electrons. The van der Waals surface area contributed by atoms with Crippen LogP contribution in [-0.4, -0.2) is 38.4 Å². The van der Waals surface area contributed by atoms with E-state index in [0.29, 0.717) is 24.7 Å². The van der Waals surface area contributed by atoms with Crippen molar-refractivity contribution in [3.05, 3.63) is 36.8 Å². The Kier molecular flexibility index (Phi) is 3.16. The summed E-state index contributed by atoms with van der Waals surface area (Å²) >= 11 is 0. The minimum atomic E-state index is 0.603. The molecule has 0 aliphatic carbocycles. The second-order valence-electron chi connectivity index (χ2n) is 4.08. The Balaban J connectivity index is 2.01. The number of hydrogen-bond donors (Lipinski definition) is 0. The highest BCUT2D eigenvalue weighted by Crippen LogP contribution is 2.16. The van der Waals surface area contributed by atoms with E-state index in [1.54, 1.807) is 19.6 Å². The molecule has 0 saturated carbocycles. The van der Waals surface area contributed by atoms with Crippen LogP contribution in [0.25, 0.3) is 22.6 Å². The summed E-state index contributed by atoms with van der Waals surface area (Å²) in [7, 11) is 1.67. The van der Waals surface area contributed by atoms with E-state index < -0.39 is 0 Å². The number of rotatable bonds is 4. The molecule has 6 nitrogen and oxygen atoms in total. The first-order chi connectivity index (χ1) is 9.38. The van der Waals surface area contributed by atoms with Crippen LogP contribution >= 0.6 is 0 Å². The molecule has 0 atom stereocenters. The summed E-state index contributed by atoms with van der Waals surface area (Å²) in [6, 6.07) is 7.75. The van der Waals surface area contributed by atoms with Gasteiger partial charge in [-0.25, -0.2) is 4.98 Å². The fourth-order valence-electron chi connectivity index (χ4n) is 1.87. The summed E-state index contributed by atoms with van der Waals surface area (Å²) in [5.41, 5.74) is 2.43. The third-order valence-corrected chi connectivity index (χ3v) is 2.83. The van der Waals surface area contributed by atoms with Gasteiger partial charge in [-0.05, 0) is 12.1 Å². The van der Waals surface area contributed by atoms with Crippen LogP contribution in [0.15, 0.2) is 36.8 Å². The molecule has 0 N–H and O–H groups in total. The van der Waals surface area contributed by atoms with Gasteiger partial charge in [0.25, 0.3) is 0 Å². The van der Waals surface area contributed by atoms with Gasteiger partial charge >= 0.3 is 0 Å². The Morgan fingerprint density at radius 3 is 2.89 bits per heavy atom. The molecule has 0 amide bonds. The summed E-state index contributed by atoms with van der Waals surface area (Å²) < 4.78 is 6.97. The van der Waals surface area contributed by atoms with Crippen molar-refractivity contribution in [2.75, 3.05) is 13.7 Å². The van der Waals surface area contributed by atoms with Crippen LogP contribution in [0.2, 0.25) is 0 Å². The average Bonchev–Trinajstić information content (AvgIpc) is 2.93. The molecule has 3 aromatic rings. The van der Waals surface area contributed by atoms with Crippen LogP contribution in [0.5, 0.6) is 0 Å². The van der Waals surface area contributed by atoms with Gasteiger partial charge in [-0.3, -0.25) is 4.98 Å². The van der Waals surface area contributed by atoms with E-state index in [-0.39, 0.29) is 0 Å². The van der Waals surface area contributed by atoms with E-state index in [1.807, 2.05) is 28.8 Å². The van der Waals surface area contributed by atoms with Crippen molar-refractivity contribution in [1.82, 2.24) is 24.7 Å². The van der Waals surface area contributed by atoms with E-state index in [0.717, 1.165) is 11.0 Å². The highest BCUT2D eigenvalue weighted by atomic mass is 16.5. The quantitative estimate of drug-likeness (QED) is 0.707. The number of benzene rings is 1. The maximum Gasteiger partial charge on any atom is 0.184 e. The smallest absolute Gasteiger partial charge is 0.184 e. The summed E-state index contributed by atoms with van der Waals surface area (Å²) in [6.45, 7) is 1.29. The van der Waals surface area contributed by atoms with Crippen molar-refractivity contribution in [2.24, 2.45) is 0 Å². The first-order valence-electron chi connectivity index (χ1n) is 5.97. The molecule has 0 unspecified atom stereocenters. The number of nitrogens with zero attached hydrogens (tertiary/aromatic N) is 5. The first-order valence-corrected chi connectivity index (χ1v) is 5.97. The van der Waals surface area contributed by atoms with Crippen molar-refractivity contribution < 1.29 is 4.74 Å². The molecule has 3 rings (SSSR count). The highest BCUT2D eigenvalue weighted by Gasteiger charge is 2.09. The first kappa shape index (κ1) is 11.7. The second-order valence-corrected chi connectivity index (χ2v) is 4.08. The molecule has 2 aromatic heterocycles. The van der Waals surface area contributed by atoms with E-state index in [4.69, 9.17) is 4.74 Å². The lowest BCUT2D eigenvalue weighted by Crippen LogP contribution is -2.05. The Labute approximate surface area is 110 Å². The molecule has 0 bridgehead atoms. The number of fused-ring (bicyclic) bond motifs is 1. The van der Waals surface area contributed by atoms with Gasteiger partial charge in [-0.1, -0.05) is 12.1 Å². The van der Waals surface area contributed by atoms with Gasteiger partial charge in [0.1, 0.15) is 12.0 Å². The molecule has 2 heterocycles. The molecule has 0 aliphatic rings. The van der Waals surface area contributed by atoms with Crippen molar-refractivity contribution in [3.63, 3.8) is 0 Å². The van der Waals surface area contributed by atoms with Crippen LogP contribution in [0.1, 0.15) is 0 Å². The van der Waals surface area contributed by atoms with Crippen molar-refractivity contribution in [3.8, 4) is 11.5 Å². The van der Waals surface area contributed by atoms with Crippen molar-refractivity contribution in [1.29, 1.82) is 0 Å². The molecule has 6 heteroatoms. The van der Waals surface area contributed by atoms with Crippen LogP contribution in [0, 0.1) is 0 Å². The third-order valence-electron chi connectivity index (χ3n) is 2.83. The summed E-state index contributed by atoms with van der Waals surface area (Å²) in [5, 5.41) is 8.02. The van der Waals surface area contributed by atoms with Gasteiger partial charge in [-0.2, -0.15) is 0 Å². The Hall–Kier alpha value is -2.34. The number of hydrogen-bond acceptors (Lipinski definition) is 5. The molecule has 0 saturated heterocycles. The molecule has 0 radical (unpaired) electrons. The standard InChI is InChI=1S/C13H13N5O/c1-19-7-6-18-9-15-17-13(18)12-8-14-10-4-2-3-5-11(10)16-12/h2-5,8-9H,6-7H2,1H3. The number of aromatic nitrogens is 5. The summed E-state index contributed by atoms with van der Waals surface area (Å²) in [4.78, 5) is 8.94. The Morgan fingerprint density at radius 2 is 2.05 bits per heavy atom. The van der Waals surface area contributed by atoms with Gasteiger partial charge in [0.15, 0.2) is 5.82 Å². The molecular weight excluding hydrogens is 242 g/mol. The van der Waals surface area contributed by atoms with Crippen LogP contribution in [0.4, 0.5) is 0 Å². The number of ether oxygens (including phenoxy) is 1. The Bertz CT molecular complexity index is 694. The lowest BCUT2D eigenvalue weighted by molar-refractivity contribution is 0.187. The van der Waals surface area contributed by atoms with Crippen LogP contribution < -0.4 is 0 Å². The van der Waals surface area contributed by atoms with Crippen LogP contribution in [0.3, 0.4) is 0 Å². The molecule has 19 heavy (non-hydrogen) atoms.